The number of aliphatic hydroxyl groups excluding tert-OH is 1. The number of rotatable bonds is 5. The van der Waals surface area contributed by atoms with Gasteiger partial charge in [0.25, 0.3) is 0 Å². The lowest BCUT2D eigenvalue weighted by Gasteiger charge is -2.31. The molecule has 0 spiro atoms. The van der Waals surface area contributed by atoms with Crippen molar-refractivity contribution >= 4 is 17.9 Å². The summed E-state index contributed by atoms with van der Waals surface area (Å²) < 4.78 is 5.27. The Morgan fingerprint density at radius 1 is 1.35 bits per heavy atom. The van der Waals surface area contributed by atoms with Crippen molar-refractivity contribution < 1.29 is 14.6 Å². The molecule has 128 valence electrons. The molecule has 1 aromatic rings. The van der Waals surface area contributed by atoms with E-state index in [-0.39, 0.29) is 12.0 Å². The summed E-state index contributed by atoms with van der Waals surface area (Å²) in [6.45, 7) is 7.96. The summed E-state index contributed by atoms with van der Waals surface area (Å²) >= 11 is 1.87. The van der Waals surface area contributed by atoms with Gasteiger partial charge in [-0.3, -0.25) is 0 Å². The summed E-state index contributed by atoms with van der Waals surface area (Å²) in [5.74, 6) is 1.44. The van der Waals surface area contributed by atoms with Crippen LogP contribution >= 0.6 is 11.8 Å². The number of aliphatic hydroxyl groups is 1. The number of fused-ring (bicyclic) bond motifs is 1. The molecule has 1 amide bonds. The van der Waals surface area contributed by atoms with Gasteiger partial charge in [0.15, 0.2) is 0 Å². The molecule has 0 aromatic heterocycles. The molecule has 0 aliphatic carbocycles. The highest BCUT2D eigenvalue weighted by molar-refractivity contribution is 7.99. The van der Waals surface area contributed by atoms with Crippen LogP contribution in [0.1, 0.15) is 45.6 Å². The van der Waals surface area contributed by atoms with Crippen LogP contribution in [0.25, 0.3) is 0 Å². The van der Waals surface area contributed by atoms with Gasteiger partial charge in [0.05, 0.1) is 6.61 Å². The van der Waals surface area contributed by atoms with E-state index in [9.17, 15) is 9.90 Å². The lowest BCUT2D eigenvalue weighted by Crippen LogP contribution is -2.41. The molecule has 2 rings (SSSR count). The maximum Gasteiger partial charge on any atom is 0.407 e. The maximum absolute atomic E-state index is 11.8. The number of hydrogen-bond acceptors (Lipinski definition) is 4. The first-order valence-electron chi connectivity index (χ1n) is 8.02. The average Bonchev–Trinajstić information content (AvgIpc) is 2.87. The SMILES string of the molecule is CC(CO)(CNC(=O)OC(C)(C)C)CC1CSc2ccccc21. The fraction of sp³-hybridized carbons (Fsp3) is 0.611. The molecule has 1 aromatic carbocycles. The Kier molecular flexibility index (Phi) is 5.63. The molecule has 0 bridgehead atoms. The number of carbonyl (C=O) groups is 1. The quantitative estimate of drug-likeness (QED) is 0.858. The lowest BCUT2D eigenvalue weighted by molar-refractivity contribution is 0.0468. The molecule has 2 unspecified atom stereocenters. The first-order valence-corrected chi connectivity index (χ1v) is 9.00. The van der Waals surface area contributed by atoms with Crippen LogP contribution in [-0.4, -0.2) is 35.7 Å². The Labute approximate surface area is 143 Å². The van der Waals surface area contributed by atoms with Gasteiger partial charge in [0.1, 0.15) is 5.60 Å². The number of thioether (sulfide) groups is 1. The Balaban J connectivity index is 1.95. The number of ether oxygens (including phenoxy) is 1. The van der Waals surface area contributed by atoms with Crippen molar-refractivity contribution in [2.75, 3.05) is 18.9 Å². The van der Waals surface area contributed by atoms with Gasteiger partial charge in [-0.05, 0) is 44.7 Å². The molecular formula is C18H27NO3S. The number of benzene rings is 1. The zero-order valence-corrected chi connectivity index (χ0v) is 15.2. The van der Waals surface area contributed by atoms with Gasteiger partial charge in [-0.15, -0.1) is 11.8 Å². The second-order valence-electron chi connectivity index (χ2n) is 7.57. The molecule has 1 aliphatic rings. The van der Waals surface area contributed by atoms with Gasteiger partial charge in [-0.25, -0.2) is 4.79 Å². The molecular weight excluding hydrogens is 310 g/mol. The number of hydrogen-bond donors (Lipinski definition) is 2. The van der Waals surface area contributed by atoms with E-state index in [1.165, 1.54) is 10.5 Å². The van der Waals surface area contributed by atoms with Crippen LogP contribution in [0.3, 0.4) is 0 Å². The topological polar surface area (TPSA) is 58.6 Å². The standard InChI is InChI=1S/C18H27NO3S/c1-17(2,3)22-16(21)19-11-18(4,12-20)9-13-10-23-15-8-6-5-7-14(13)15/h5-8,13,20H,9-12H2,1-4H3,(H,19,21). The zero-order chi connectivity index (χ0) is 17.1. The van der Waals surface area contributed by atoms with Crippen LogP contribution in [0, 0.1) is 5.41 Å². The van der Waals surface area contributed by atoms with Gasteiger partial charge in [-0.1, -0.05) is 25.1 Å². The minimum Gasteiger partial charge on any atom is -0.444 e. The smallest absolute Gasteiger partial charge is 0.407 e. The van der Waals surface area contributed by atoms with Crippen molar-refractivity contribution in [1.29, 1.82) is 0 Å². The summed E-state index contributed by atoms with van der Waals surface area (Å²) in [4.78, 5) is 13.2. The summed E-state index contributed by atoms with van der Waals surface area (Å²) in [6, 6.07) is 8.44. The fourth-order valence-electron chi connectivity index (χ4n) is 2.79. The molecule has 2 N–H and O–H groups in total. The van der Waals surface area contributed by atoms with Crippen LogP contribution in [0.4, 0.5) is 4.79 Å². The van der Waals surface area contributed by atoms with Crippen molar-refractivity contribution in [3.63, 3.8) is 0 Å². The number of carbonyl (C=O) groups excluding carboxylic acids is 1. The zero-order valence-electron chi connectivity index (χ0n) is 14.4. The molecule has 0 fully saturated rings. The number of nitrogens with one attached hydrogen (secondary N) is 1. The van der Waals surface area contributed by atoms with E-state index in [0.717, 1.165) is 12.2 Å². The van der Waals surface area contributed by atoms with Crippen molar-refractivity contribution in [2.24, 2.45) is 5.41 Å². The molecule has 23 heavy (non-hydrogen) atoms. The molecule has 0 radical (unpaired) electrons. The summed E-state index contributed by atoms with van der Waals surface area (Å²) in [6.07, 6.45) is 0.405. The van der Waals surface area contributed by atoms with Crippen LogP contribution in [-0.2, 0) is 4.74 Å². The molecule has 2 atom stereocenters. The Morgan fingerprint density at radius 3 is 2.70 bits per heavy atom. The first kappa shape index (κ1) is 18.1. The minimum atomic E-state index is -0.513. The van der Waals surface area contributed by atoms with E-state index in [1.807, 2.05) is 39.5 Å². The normalized spacial score (nSPS) is 19.8. The summed E-state index contributed by atoms with van der Waals surface area (Å²) in [7, 11) is 0. The predicted molar refractivity (Wildman–Crippen MR) is 94.0 cm³/mol. The molecule has 0 saturated carbocycles. The van der Waals surface area contributed by atoms with E-state index >= 15 is 0 Å². The Morgan fingerprint density at radius 2 is 2.04 bits per heavy atom. The largest absolute Gasteiger partial charge is 0.444 e. The molecule has 4 nitrogen and oxygen atoms in total. The van der Waals surface area contributed by atoms with Gasteiger partial charge < -0.3 is 15.2 Å². The van der Waals surface area contributed by atoms with Crippen LogP contribution in [0.2, 0.25) is 0 Å². The average molecular weight is 337 g/mol. The van der Waals surface area contributed by atoms with Crippen molar-refractivity contribution in [3.8, 4) is 0 Å². The van der Waals surface area contributed by atoms with E-state index in [1.54, 1.807) is 0 Å². The third kappa shape index (κ3) is 5.15. The van der Waals surface area contributed by atoms with E-state index in [2.05, 4.69) is 29.6 Å². The summed E-state index contributed by atoms with van der Waals surface area (Å²) in [5.41, 5.74) is 0.481. The Hall–Kier alpha value is -1.20. The molecule has 5 heteroatoms. The Bertz CT molecular complexity index is 555. The van der Waals surface area contributed by atoms with Crippen LogP contribution in [0.5, 0.6) is 0 Å². The van der Waals surface area contributed by atoms with Crippen molar-refractivity contribution in [1.82, 2.24) is 5.32 Å². The van der Waals surface area contributed by atoms with E-state index in [4.69, 9.17) is 4.74 Å². The third-order valence-corrected chi connectivity index (χ3v) is 5.23. The number of alkyl carbamates (subject to hydrolysis) is 1. The second kappa shape index (κ2) is 7.14. The minimum absolute atomic E-state index is 0.0339. The highest BCUT2D eigenvalue weighted by Gasteiger charge is 2.33. The monoisotopic (exact) mass is 337 g/mol. The van der Waals surface area contributed by atoms with Crippen LogP contribution in [0.15, 0.2) is 29.2 Å². The van der Waals surface area contributed by atoms with Crippen molar-refractivity contribution in [3.05, 3.63) is 29.8 Å². The van der Waals surface area contributed by atoms with E-state index < -0.39 is 11.7 Å². The highest BCUT2D eigenvalue weighted by atomic mass is 32.2. The second-order valence-corrected chi connectivity index (χ2v) is 8.64. The maximum atomic E-state index is 11.8. The molecule has 0 saturated heterocycles. The van der Waals surface area contributed by atoms with Crippen LogP contribution < -0.4 is 5.32 Å². The van der Waals surface area contributed by atoms with Crippen molar-refractivity contribution in [2.45, 2.75) is 50.5 Å². The first-order chi connectivity index (χ1) is 10.7. The van der Waals surface area contributed by atoms with Gasteiger partial charge in [0, 0.05) is 22.6 Å². The summed E-state index contributed by atoms with van der Waals surface area (Å²) in [5, 5.41) is 12.6. The molecule has 1 aliphatic heterocycles. The predicted octanol–water partition coefficient (Wildman–Crippen LogP) is 3.79. The fourth-order valence-corrected chi connectivity index (χ4v) is 4.04. The third-order valence-electron chi connectivity index (χ3n) is 3.98. The lowest BCUT2D eigenvalue weighted by atomic mass is 9.79. The van der Waals surface area contributed by atoms with Gasteiger partial charge >= 0.3 is 6.09 Å². The highest BCUT2D eigenvalue weighted by Crippen LogP contribution is 2.44. The van der Waals surface area contributed by atoms with E-state index in [0.29, 0.717) is 12.5 Å². The molecule has 1 heterocycles. The van der Waals surface area contributed by atoms with Gasteiger partial charge in [0.2, 0.25) is 0 Å². The van der Waals surface area contributed by atoms with Gasteiger partial charge in [-0.2, -0.15) is 0 Å². The number of amides is 1.